The summed E-state index contributed by atoms with van der Waals surface area (Å²) in [4.78, 5) is 0. The Kier molecular flexibility index (Phi) is 5.93. The van der Waals surface area contributed by atoms with Crippen molar-refractivity contribution < 1.29 is 4.74 Å². The van der Waals surface area contributed by atoms with E-state index in [0.29, 0.717) is 18.4 Å². The molecule has 0 amide bonds. The average Bonchev–Trinajstić information content (AvgIpc) is 2.27. The lowest BCUT2D eigenvalue weighted by Crippen LogP contribution is -2.03. The highest BCUT2D eigenvalue weighted by Gasteiger charge is 1.99. The molecule has 0 spiro atoms. The lowest BCUT2D eigenvalue weighted by atomic mass is 10.1. The predicted octanol–water partition coefficient (Wildman–Crippen LogP) is 3.18. The molecular formula is C12H18N2OS. The first-order valence-electron chi connectivity index (χ1n) is 5.42. The summed E-state index contributed by atoms with van der Waals surface area (Å²) < 4.78 is 5.47. The minimum Gasteiger partial charge on any atom is -0.477 e. The first kappa shape index (κ1) is 13.0. The normalized spacial score (nSPS) is 10.4. The Hall–Kier alpha value is -1.03. The van der Waals surface area contributed by atoms with E-state index in [1.165, 1.54) is 0 Å². The molecule has 1 rings (SSSR count). The molecule has 88 valence electrons. The number of hydrogen-bond acceptors (Lipinski definition) is 4. The van der Waals surface area contributed by atoms with Crippen LogP contribution < -0.4 is 4.74 Å². The van der Waals surface area contributed by atoms with Gasteiger partial charge in [0.25, 0.3) is 0 Å². The van der Waals surface area contributed by atoms with E-state index >= 15 is 0 Å². The molecule has 0 aliphatic heterocycles. The highest BCUT2D eigenvalue weighted by Crippen LogP contribution is 2.16. The minimum atomic E-state index is 0.601. The van der Waals surface area contributed by atoms with E-state index in [0.717, 1.165) is 17.2 Å². The van der Waals surface area contributed by atoms with Gasteiger partial charge in [-0.05, 0) is 18.4 Å². The second-order valence-corrected chi connectivity index (χ2v) is 4.88. The van der Waals surface area contributed by atoms with Crippen LogP contribution in [0.5, 0.6) is 5.88 Å². The largest absolute Gasteiger partial charge is 0.477 e. The summed E-state index contributed by atoms with van der Waals surface area (Å²) >= 11 is 1.61. The number of rotatable bonds is 7. The number of ether oxygens (including phenoxy) is 1. The van der Waals surface area contributed by atoms with Crippen molar-refractivity contribution in [3.05, 3.63) is 24.8 Å². The maximum atomic E-state index is 5.47. The third-order valence-corrected chi connectivity index (χ3v) is 2.83. The van der Waals surface area contributed by atoms with E-state index in [-0.39, 0.29) is 0 Å². The zero-order chi connectivity index (χ0) is 11.8. The summed E-state index contributed by atoms with van der Waals surface area (Å²) in [5.74, 6) is 2.10. The van der Waals surface area contributed by atoms with Crippen LogP contribution in [-0.2, 0) is 0 Å². The van der Waals surface area contributed by atoms with Gasteiger partial charge in [-0.2, -0.15) is 0 Å². The highest BCUT2D eigenvalue weighted by atomic mass is 32.2. The summed E-state index contributed by atoms with van der Waals surface area (Å²) in [6.45, 7) is 8.70. The first-order chi connectivity index (χ1) is 7.72. The fourth-order valence-electron chi connectivity index (χ4n) is 1.01. The molecule has 1 aromatic rings. The molecule has 0 unspecified atom stereocenters. The van der Waals surface area contributed by atoms with Crippen LogP contribution in [0.15, 0.2) is 29.8 Å². The fourth-order valence-corrected chi connectivity index (χ4v) is 1.56. The standard InChI is InChI=1S/C12H18N2OS/c1-4-9-16-12-6-5-11(13-14-12)15-8-7-10(2)3/h4-6,10H,1,7-9H2,2-3H3. The van der Waals surface area contributed by atoms with Gasteiger partial charge in [0.1, 0.15) is 5.03 Å². The molecule has 0 aliphatic carbocycles. The van der Waals surface area contributed by atoms with Gasteiger partial charge in [-0.3, -0.25) is 0 Å². The summed E-state index contributed by atoms with van der Waals surface area (Å²) in [5, 5.41) is 8.95. The van der Waals surface area contributed by atoms with Crippen LogP contribution >= 0.6 is 11.8 Å². The van der Waals surface area contributed by atoms with E-state index < -0.39 is 0 Å². The molecule has 4 heteroatoms. The Morgan fingerprint density at radius 3 is 2.81 bits per heavy atom. The van der Waals surface area contributed by atoms with Gasteiger partial charge in [-0.1, -0.05) is 19.9 Å². The minimum absolute atomic E-state index is 0.601. The SMILES string of the molecule is C=CCSc1ccc(OCCC(C)C)nn1. The Morgan fingerprint density at radius 2 is 2.25 bits per heavy atom. The van der Waals surface area contributed by atoms with Crippen LogP contribution in [0.2, 0.25) is 0 Å². The van der Waals surface area contributed by atoms with Gasteiger partial charge >= 0.3 is 0 Å². The zero-order valence-corrected chi connectivity index (χ0v) is 10.7. The highest BCUT2D eigenvalue weighted by molar-refractivity contribution is 7.99. The van der Waals surface area contributed by atoms with Crippen molar-refractivity contribution in [2.75, 3.05) is 12.4 Å². The van der Waals surface area contributed by atoms with Crippen molar-refractivity contribution in [3.63, 3.8) is 0 Å². The van der Waals surface area contributed by atoms with Crippen LogP contribution in [0, 0.1) is 5.92 Å². The molecule has 3 nitrogen and oxygen atoms in total. The van der Waals surface area contributed by atoms with Crippen LogP contribution in [0.3, 0.4) is 0 Å². The van der Waals surface area contributed by atoms with Gasteiger partial charge in [-0.15, -0.1) is 28.5 Å². The molecule has 0 bridgehead atoms. The molecule has 0 fully saturated rings. The van der Waals surface area contributed by atoms with E-state index in [4.69, 9.17) is 4.74 Å². The molecule has 0 atom stereocenters. The molecule has 1 aromatic heterocycles. The summed E-state index contributed by atoms with van der Waals surface area (Å²) in [6, 6.07) is 3.78. The zero-order valence-electron chi connectivity index (χ0n) is 9.85. The van der Waals surface area contributed by atoms with E-state index in [9.17, 15) is 0 Å². The maximum Gasteiger partial charge on any atom is 0.233 e. The third kappa shape index (κ3) is 5.16. The fraction of sp³-hybridized carbons (Fsp3) is 0.500. The number of nitrogens with zero attached hydrogens (tertiary/aromatic N) is 2. The Labute approximate surface area is 101 Å². The smallest absolute Gasteiger partial charge is 0.233 e. The lowest BCUT2D eigenvalue weighted by molar-refractivity contribution is 0.275. The van der Waals surface area contributed by atoms with Crippen molar-refractivity contribution in [3.8, 4) is 5.88 Å². The number of aromatic nitrogens is 2. The Bertz CT molecular complexity index is 311. The third-order valence-electron chi connectivity index (χ3n) is 1.91. The molecule has 1 heterocycles. The maximum absolute atomic E-state index is 5.47. The lowest BCUT2D eigenvalue weighted by Gasteiger charge is -2.06. The van der Waals surface area contributed by atoms with Crippen molar-refractivity contribution in [2.45, 2.75) is 25.3 Å². The second kappa shape index (κ2) is 7.28. The summed E-state index contributed by atoms with van der Waals surface area (Å²) in [5.41, 5.74) is 0. The van der Waals surface area contributed by atoms with Crippen LogP contribution in [0.25, 0.3) is 0 Å². The monoisotopic (exact) mass is 238 g/mol. The molecule has 16 heavy (non-hydrogen) atoms. The van der Waals surface area contributed by atoms with Gasteiger partial charge in [0.2, 0.25) is 5.88 Å². The molecule has 0 saturated heterocycles. The van der Waals surface area contributed by atoms with Gasteiger partial charge in [0, 0.05) is 11.8 Å². The van der Waals surface area contributed by atoms with Crippen molar-refractivity contribution in [2.24, 2.45) is 5.92 Å². The average molecular weight is 238 g/mol. The van der Waals surface area contributed by atoms with Gasteiger partial charge < -0.3 is 4.74 Å². The van der Waals surface area contributed by atoms with Crippen molar-refractivity contribution in [1.29, 1.82) is 0 Å². The predicted molar refractivity (Wildman–Crippen MR) is 67.9 cm³/mol. The van der Waals surface area contributed by atoms with E-state index in [2.05, 4.69) is 30.6 Å². The van der Waals surface area contributed by atoms with Crippen LogP contribution in [0.4, 0.5) is 0 Å². The Balaban J connectivity index is 2.35. The summed E-state index contributed by atoms with van der Waals surface area (Å²) in [6.07, 6.45) is 2.88. The van der Waals surface area contributed by atoms with Crippen molar-refractivity contribution >= 4 is 11.8 Å². The molecule has 0 N–H and O–H groups in total. The van der Waals surface area contributed by atoms with E-state index in [1.54, 1.807) is 11.8 Å². The number of thioether (sulfide) groups is 1. The molecule has 0 saturated carbocycles. The Morgan fingerprint density at radius 1 is 1.44 bits per heavy atom. The second-order valence-electron chi connectivity index (χ2n) is 3.84. The molecule has 0 aromatic carbocycles. The van der Waals surface area contributed by atoms with Gasteiger partial charge in [-0.25, -0.2) is 0 Å². The first-order valence-corrected chi connectivity index (χ1v) is 6.41. The molecule has 0 radical (unpaired) electrons. The molecular weight excluding hydrogens is 220 g/mol. The van der Waals surface area contributed by atoms with Gasteiger partial charge in [0.05, 0.1) is 6.61 Å². The topological polar surface area (TPSA) is 35.0 Å². The number of hydrogen-bond donors (Lipinski definition) is 0. The summed E-state index contributed by atoms with van der Waals surface area (Å²) in [7, 11) is 0. The van der Waals surface area contributed by atoms with Crippen molar-refractivity contribution in [1.82, 2.24) is 10.2 Å². The van der Waals surface area contributed by atoms with Crippen LogP contribution in [0.1, 0.15) is 20.3 Å². The molecule has 0 aliphatic rings. The quantitative estimate of drug-likeness (QED) is 0.540. The van der Waals surface area contributed by atoms with Gasteiger partial charge in [0.15, 0.2) is 0 Å². The van der Waals surface area contributed by atoms with Crippen LogP contribution in [-0.4, -0.2) is 22.6 Å². The van der Waals surface area contributed by atoms with E-state index in [1.807, 2.05) is 18.2 Å².